The maximum absolute atomic E-state index is 14.4. The first-order chi connectivity index (χ1) is 21.1. The number of nitrogens with one attached hydrogen (secondary N) is 1. The van der Waals surface area contributed by atoms with Gasteiger partial charge in [0.15, 0.2) is 0 Å². The van der Waals surface area contributed by atoms with Crippen LogP contribution in [0, 0.1) is 0 Å². The number of sulfonamides is 1. The van der Waals surface area contributed by atoms with Gasteiger partial charge < -0.3 is 10.2 Å². The molecule has 0 radical (unpaired) electrons. The van der Waals surface area contributed by atoms with E-state index in [1.54, 1.807) is 48.5 Å². The molecule has 0 heterocycles. The first kappa shape index (κ1) is 33.3. The van der Waals surface area contributed by atoms with Crippen LogP contribution in [0.4, 0.5) is 5.69 Å². The van der Waals surface area contributed by atoms with Crippen molar-refractivity contribution in [1.82, 2.24) is 10.2 Å². The Balaban J connectivity index is 1.80. The Morgan fingerprint density at radius 3 is 2.05 bits per heavy atom. The molecular weight excluding hydrogens is 641 g/mol. The monoisotopic (exact) mass is 671 g/mol. The fourth-order valence-electron chi connectivity index (χ4n) is 4.61. The Kier molecular flexibility index (Phi) is 11.7. The van der Waals surface area contributed by atoms with E-state index in [1.165, 1.54) is 29.2 Å². The van der Waals surface area contributed by atoms with E-state index in [9.17, 15) is 18.0 Å². The van der Waals surface area contributed by atoms with Gasteiger partial charge in [-0.15, -0.1) is 0 Å². The van der Waals surface area contributed by atoms with Gasteiger partial charge in [0.05, 0.1) is 20.6 Å². The summed E-state index contributed by atoms with van der Waals surface area (Å²) in [6, 6.07) is 27.4. The van der Waals surface area contributed by atoms with Gasteiger partial charge in [0.2, 0.25) is 11.8 Å². The third-order valence-electron chi connectivity index (χ3n) is 6.88. The summed E-state index contributed by atoms with van der Waals surface area (Å²) < 4.78 is 29.0. The number of halogens is 3. The molecule has 0 unspecified atom stereocenters. The highest BCUT2D eigenvalue weighted by Gasteiger charge is 2.34. The fourth-order valence-corrected chi connectivity index (χ4v) is 6.49. The third kappa shape index (κ3) is 8.54. The van der Waals surface area contributed by atoms with E-state index in [0.717, 1.165) is 9.87 Å². The molecule has 2 amide bonds. The van der Waals surface area contributed by atoms with E-state index < -0.39 is 28.5 Å². The van der Waals surface area contributed by atoms with E-state index in [1.807, 2.05) is 37.3 Å². The van der Waals surface area contributed by atoms with Crippen molar-refractivity contribution in [2.75, 3.05) is 17.4 Å². The minimum Gasteiger partial charge on any atom is -0.354 e. The second-order valence-corrected chi connectivity index (χ2v) is 13.2. The average Bonchev–Trinajstić information content (AvgIpc) is 3.03. The first-order valence-electron chi connectivity index (χ1n) is 14.0. The van der Waals surface area contributed by atoms with E-state index in [0.29, 0.717) is 33.6 Å². The molecule has 0 saturated heterocycles. The minimum absolute atomic E-state index is 0.0142. The van der Waals surface area contributed by atoms with E-state index in [4.69, 9.17) is 34.8 Å². The molecule has 7 nitrogen and oxygen atoms in total. The molecule has 1 N–H and O–H groups in total. The Morgan fingerprint density at radius 2 is 1.43 bits per heavy atom. The molecule has 1 atom stereocenters. The molecule has 44 heavy (non-hydrogen) atoms. The summed E-state index contributed by atoms with van der Waals surface area (Å²) in [5, 5.41) is 3.96. The van der Waals surface area contributed by atoms with E-state index in [-0.39, 0.29) is 29.5 Å². The number of hydrogen-bond acceptors (Lipinski definition) is 4. The molecule has 0 bridgehead atoms. The maximum Gasteiger partial charge on any atom is 0.264 e. The number of hydrogen-bond donors (Lipinski definition) is 1. The number of nitrogens with zero attached hydrogens (tertiary/aromatic N) is 2. The van der Waals surface area contributed by atoms with Gasteiger partial charge in [0.1, 0.15) is 12.6 Å². The van der Waals surface area contributed by atoms with Crippen molar-refractivity contribution in [3.63, 3.8) is 0 Å². The average molecular weight is 673 g/mol. The molecule has 0 aliphatic carbocycles. The van der Waals surface area contributed by atoms with E-state index in [2.05, 4.69) is 5.32 Å². The largest absolute Gasteiger partial charge is 0.354 e. The molecule has 0 aliphatic heterocycles. The lowest BCUT2D eigenvalue weighted by Gasteiger charge is -2.34. The lowest BCUT2D eigenvalue weighted by Crippen LogP contribution is -2.53. The van der Waals surface area contributed by atoms with Gasteiger partial charge in [0, 0.05) is 24.5 Å². The summed E-state index contributed by atoms with van der Waals surface area (Å²) in [4.78, 5) is 29.5. The quantitative estimate of drug-likeness (QED) is 0.166. The van der Waals surface area contributed by atoms with Gasteiger partial charge in [-0.3, -0.25) is 13.9 Å². The van der Waals surface area contributed by atoms with Gasteiger partial charge >= 0.3 is 0 Å². The highest BCUT2D eigenvalue weighted by atomic mass is 35.5. The lowest BCUT2D eigenvalue weighted by molar-refractivity contribution is -0.140. The molecule has 4 aromatic carbocycles. The van der Waals surface area contributed by atoms with Crippen molar-refractivity contribution in [2.24, 2.45) is 0 Å². The molecule has 11 heteroatoms. The predicted molar refractivity (Wildman–Crippen MR) is 177 cm³/mol. The molecule has 4 rings (SSSR count). The van der Waals surface area contributed by atoms with Crippen molar-refractivity contribution < 1.29 is 18.0 Å². The molecular formula is C33H32Cl3N3O4S. The van der Waals surface area contributed by atoms with Gasteiger partial charge in [-0.1, -0.05) is 96.3 Å². The Hall–Kier alpha value is -3.56. The fraction of sp³-hybridized carbons (Fsp3) is 0.212. The second-order valence-electron chi connectivity index (χ2n) is 10.1. The van der Waals surface area contributed by atoms with Crippen molar-refractivity contribution in [3.8, 4) is 0 Å². The van der Waals surface area contributed by atoms with Gasteiger partial charge in [-0.2, -0.15) is 0 Å². The van der Waals surface area contributed by atoms with Crippen LogP contribution in [0.25, 0.3) is 0 Å². The normalized spacial score (nSPS) is 11.9. The standard InChI is InChI=1S/C33H32Cl3N3O4S/c1-2-19-37-33(41)31(21-24-9-5-3-6-10-24)38(22-25-13-18-29(35)30(36)20-25)32(40)23-39(27-16-14-26(34)15-17-27)44(42,43)28-11-7-4-8-12-28/h3-18,20,31H,2,19,21-23H2,1H3,(H,37,41)/t31-/m1/s1. The molecule has 0 aromatic heterocycles. The van der Waals surface area contributed by atoms with Gasteiger partial charge in [0.25, 0.3) is 10.0 Å². The zero-order valence-electron chi connectivity index (χ0n) is 24.0. The first-order valence-corrected chi connectivity index (χ1v) is 16.6. The van der Waals surface area contributed by atoms with Crippen molar-refractivity contribution in [3.05, 3.63) is 129 Å². The number of benzene rings is 4. The summed E-state index contributed by atoms with van der Waals surface area (Å²) in [7, 11) is -4.20. The topological polar surface area (TPSA) is 86.8 Å². The number of carbonyl (C=O) groups is 2. The molecule has 0 spiro atoms. The van der Waals surface area contributed by atoms with Crippen molar-refractivity contribution in [1.29, 1.82) is 0 Å². The molecule has 0 aliphatic rings. The van der Waals surface area contributed by atoms with Crippen LogP contribution in [0.1, 0.15) is 24.5 Å². The Labute approximate surface area is 273 Å². The maximum atomic E-state index is 14.4. The van der Waals surface area contributed by atoms with Crippen molar-refractivity contribution >= 4 is 62.3 Å². The minimum atomic E-state index is -4.20. The molecule has 4 aromatic rings. The Bertz CT molecular complexity index is 1670. The van der Waals surface area contributed by atoms with Gasteiger partial charge in [-0.25, -0.2) is 8.42 Å². The van der Waals surface area contributed by atoms with Crippen LogP contribution in [0.2, 0.25) is 15.1 Å². The van der Waals surface area contributed by atoms with Crippen LogP contribution < -0.4 is 9.62 Å². The zero-order chi connectivity index (χ0) is 31.7. The van der Waals surface area contributed by atoms with Crippen LogP contribution in [0.15, 0.2) is 108 Å². The number of rotatable bonds is 13. The van der Waals surface area contributed by atoms with Crippen LogP contribution in [-0.2, 0) is 32.6 Å². The molecule has 0 fully saturated rings. The summed E-state index contributed by atoms with van der Waals surface area (Å²) >= 11 is 18.6. The van der Waals surface area contributed by atoms with Crippen LogP contribution in [-0.4, -0.2) is 44.3 Å². The Morgan fingerprint density at radius 1 is 0.795 bits per heavy atom. The van der Waals surface area contributed by atoms with Crippen molar-refractivity contribution in [2.45, 2.75) is 37.2 Å². The number of anilines is 1. The lowest BCUT2D eigenvalue weighted by atomic mass is 10.0. The highest BCUT2D eigenvalue weighted by molar-refractivity contribution is 7.92. The van der Waals surface area contributed by atoms with E-state index >= 15 is 0 Å². The summed E-state index contributed by atoms with van der Waals surface area (Å²) in [5.74, 6) is -0.939. The van der Waals surface area contributed by atoms with Gasteiger partial charge in [-0.05, 0) is 66.1 Å². The smallest absolute Gasteiger partial charge is 0.264 e. The molecule has 0 saturated carbocycles. The second kappa shape index (κ2) is 15.4. The number of amides is 2. The SMILES string of the molecule is CCCNC(=O)[C@@H](Cc1ccccc1)N(Cc1ccc(Cl)c(Cl)c1)C(=O)CN(c1ccc(Cl)cc1)S(=O)(=O)c1ccccc1. The summed E-state index contributed by atoms with van der Waals surface area (Å²) in [5.41, 5.74) is 1.71. The summed E-state index contributed by atoms with van der Waals surface area (Å²) in [6.45, 7) is 1.75. The third-order valence-corrected chi connectivity index (χ3v) is 9.66. The van der Waals surface area contributed by atoms with Crippen LogP contribution >= 0.6 is 34.8 Å². The summed E-state index contributed by atoms with van der Waals surface area (Å²) in [6.07, 6.45) is 0.903. The van der Waals surface area contributed by atoms with Crippen LogP contribution in [0.5, 0.6) is 0 Å². The van der Waals surface area contributed by atoms with Crippen LogP contribution in [0.3, 0.4) is 0 Å². The number of carbonyl (C=O) groups excluding carboxylic acids is 2. The molecule has 230 valence electrons. The predicted octanol–water partition coefficient (Wildman–Crippen LogP) is 7.01. The highest BCUT2D eigenvalue weighted by Crippen LogP contribution is 2.27. The zero-order valence-corrected chi connectivity index (χ0v) is 27.1.